The Bertz CT molecular complexity index is 3530. The topological polar surface area (TPSA) is 3.24 Å². The number of benzene rings is 11. The van der Waals surface area contributed by atoms with E-state index in [-0.39, 0.29) is 0 Å². The monoisotopic (exact) mass is 785 g/mol. The van der Waals surface area contributed by atoms with E-state index < -0.39 is 5.41 Å². The molecule has 0 amide bonds. The van der Waals surface area contributed by atoms with Gasteiger partial charge < -0.3 is 4.90 Å². The number of hydrogen-bond donors (Lipinski definition) is 0. The van der Waals surface area contributed by atoms with Crippen molar-refractivity contribution in [2.45, 2.75) is 5.41 Å². The predicted molar refractivity (Wildman–Crippen MR) is 261 cm³/mol. The summed E-state index contributed by atoms with van der Waals surface area (Å²) in [5.74, 6) is 0. The smallest absolute Gasteiger partial charge is 0.0726 e. The first kappa shape index (κ1) is 34.8. The Kier molecular flexibility index (Phi) is 7.59. The second-order valence-electron chi connectivity index (χ2n) is 16.7. The molecular weight excluding hydrogens is 747 g/mol. The number of fused-ring (bicyclic) bond motifs is 14. The van der Waals surface area contributed by atoms with E-state index in [1.807, 2.05) is 0 Å². The van der Waals surface area contributed by atoms with Crippen molar-refractivity contribution in [3.63, 3.8) is 0 Å². The molecule has 0 atom stereocenters. The summed E-state index contributed by atoms with van der Waals surface area (Å²) in [7, 11) is 0. The lowest BCUT2D eigenvalue weighted by atomic mass is 9.70. The lowest BCUT2D eigenvalue weighted by Gasteiger charge is -2.34. The first-order chi connectivity index (χ1) is 30.8. The van der Waals surface area contributed by atoms with Gasteiger partial charge in [-0.1, -0.05) is 212 Å². The van der Waals surface area contributed by atoms with Crippen molar-refractivity contribution in [2.75, 3.05) is 4.90 Å². The normalized spacial score (nSPS) is 13.0. The molecule has 0 aromatic heterocycles. The first-order valence-corrected chi connectivity index (χ1v) is 21.6. The molecule has 2 aliphatic carbocycles. The SMILES string of the molecule is c1ccc(-c2cccc(N(c3ccc4c(c3)C3(c5ccccc5-c5ccccc53)c3ccccc3-4)c3c(-c4cccc5ccccc45)c4ccccc4c4ccccc34)c2)cc1. The summed E-state index contributed by atoms with van der Waals surface area (Å²) >= 11 is 0. The zero-order valence-corrected chi connectivity index (χ0v) is 34.0. The molecule has 0 bridgehead atoms. The van der Waals surface area contributed by atoms with E-state index in [4.69, 9.17) is 0 Å². The third-order valence-corrected chi connectivity index (χ3v) is 13.6. The highest BCUT2D eigenvalue weighted by molar-refractivity contribution is 6.24. The highest BCUT2D eigenvalue weighted by Gasteiger charge is 2.51. The molecule has 11 aromatic carbocycles. The van der Waals surface area contributed by atoms with Gasteiger partial charge in [0.2, 0.25) is 0 Å². The van der Waals surface area contributed by atoms with E-state index in [1.165, 1.54) is 99.1 Å². The van der Waals surface area contributed by atoms with Gasteiger partial charge in [0.15, 0.2) is 0 Å². The highest BCUT2D eigenvalue weighted by Crippen LogP contribution is 2.63. The summed E-state index contributed by atoms with van der Waals surface area (Å²) in [6.45, 7) is 0. The van der Waals surface area contributed by atoms with E-state index >= 15 is 0 Å². The third kappa shape index (κ3) is 4.85. The van der Waals surface area contributed by atoms with Crippen LogP contribution in [0.3, 0.4) is 0 Å². The molecule has 1 heteroatoms. The number of rotatable bonds is 5. The Labute approximate surface area is 361 Å². The fraction of sp³-hybridized carbons (Fsp3) is 0.0164. The Balaban J connectivity index is 1.18. The van der Waals surface area contributed by atoms with Crippen molar-refractivity contribution in [1.82, 2.24) is 0 Å². The van der Waals surface area contributed by atoms with Crippen LogP contribution >= 0.6 is 0 Å². The van der Waals surface area contributed by atoms with E-state index in [0.717, 1.165) is 17.1 Å². The van der Waals surface area contributed by atoms with Gasteiger partial charge in [-0.25, -0.2) is 0 Å². The van der Waals surface area contributed by atoms with Gasteiger partial charge in [-0.2, -0.15) is 0 Å². The maximum absolute atomic E-state index is 2.57. The molecule has 0 aliphatic heterocycles. The van der Waals surface area contributed by atoms with E-state index in [0.29, 0.717) is 0 Å². The molecule has 62 heavy (non-hydrogen) atoms. The van der Waals surface area contributed by atoms with Crippen LogP contribution < -0.4 is 4.90 Å². The van der Waals surface area contributed by atoms with Crippen molar-refractivity contribution in [3.8, 4) is 44.5 Å². The van der Waals surface area contributed by atoms with Crippen LogP contribution in [0.5, 0.6) is 0 Å². The maximum atomic E-state index is 2.57. The van der Waals surface area contributed by atoms with Crippen LogP contribution in [0.2, 0.25) is 0 Å². The van der Waals surface area contributed by atoms with Crippen molar-refractivity contribution in [1.29, 1.82) is 0 Å². The Morgan fingerprint density at radius 2 is 0.742 bits per heavy atom. The van der Waals surface area contributed by atoms with E-state index in [9.17, 15) is 0 Å². The summed E-state index contributed by atoms with van der Waals surface area (Å²) in [6, 6.07) is 88.1. The fourth-order valence-electron chi connectivity index (χ4n) is 11.2. The van der Waals surface area contributed by atoms with Crippen molar-refractivity contribution in [2.24, 2.45) is 0 Å². The summed E-state index contributed by atoms with van der Waals surface area (Å²) in [5.41, 5.74) is 18.2. The lowest BCUT2D eigenvalue weighted by molar-refractivity contribution is 0.793. The van der Waals surface area contributed by atoms with Crippen molar-refractivity contribution in [3.05, 3.63) is 259 Å². The molecule has 2 aliphatic rings. The molecule has 0 saturated heterocycles. The van der Waals surface area contributed by atoms with Gasteiger partial charge >= 0.3 is 0 Å². The molecule has 1 nitrogen and oxygen atoms in total. The van der Waals surface area contributed by atoms with Gasteiger partial charge in [0, 0.05) is 22.3 Å². The molecule has 0 N–H and O–H groups in total. The van der Waals surface area contributed by atoms with Gasteiger partial charge in [0.25, 0.3) is 0 Å². The molecule has 288 valence electrons. The highest BCUT2D eigenvalue weighted by atomic mass is 15.1. The van der Waals surface area contributed by atoms with Crippen molar-refractivity contribution >= 4 is 49.4 Å². The van der Waals surface area contributed by atoms with Crippen LogP contribution in [0.25, 0.3) is 76.8 Å². The second kappa shape index (κ2) is 13.5. The Morgan fingerprint density at radius 3 is 1.44 bits per heavy atom. The summed E-state index contributed by atoms with van der Waals surface area (Å²) in [4.78, 5) is 2.57. The third-order valence-electron chi connectivity index (χ3n) is 13.6. The van der Waals surface area contributed by atoms with E-state index in [1.54, 1.807) is 0 Å². The van der Waals surface area contributed by atoms with Crippen LogP contribution in [-0.4, -0.2) is 0 Å². The molecular formula is C61H39N. The van der Waals surface area contributed by atoms with E-state index in [2.05, 4.69) is 241 Å². The van der Waals surface area contributed by atoms with Crippen LogP contribution in [-0.2, 0) is 5.41 Å². The fourth-order valence-corrected chi connectivity index (χ4v) is 11.2. The molecule has 0 heterocycles. The minimum Gasteiger partial charge on any atom is -0.309 e. The zero-order chi connectivity index (χ0) is 40.8. The second-order valence-corrected chi connectivity index (χ2v) is 16.7. The van der Waals surface area contributed by atoms with Crippen LogP contribution in [0.1, 0.15) is 22.3 Å². The number of anilines is 3. The van der Waals surface area contributed by atoms with Crippen LogP contribution in [0.15, 0.2) is 237 Å². The summed E-state index contributed by atoms with van der Waals surface area (Å²) in [6.07, 6.45) is 0. The number of nitrogens with zero attached hydrogens (tertiary/aromatic N) is 1. The largest absolute Gasteiger partial charge is 0.309 e. The van der Waals surface area contributed by atoms with Gasteiger partial charge in [0.05, 0.1) is 11.1 Å². The van der Waals surface area contributed by atoms with Crippen molar-refractivity contribution < 1.29 is 0 Å². The molecule has 11 aromatic rings. The molecule has 0 unspecified atom stereocenters. The zero-order valence-electron chi connectivity index (χ0n) is 34.0. The minimum absolute atomic E-state index is 0.476. The van der Waals surface area contributed by atoms with Gasteiger partial charge in [-0.15, -0.1) is 0 Å². The average Bonchev–Trinajstić information content (AvgIpc) is 3.81. The van der Waals surface area contributed by atoms with Gasteiger partial charge in [-0.3, -0.25) is 0 Å². The lowest BCUT2D eigenvalue weighted by Crippen LogP contribution is -2.26. The summed E-state index contributed by atoms with van der Waals surface area (Å²) in [5, 5.41) is 7.36. The Hall–Kier alpha value is -8.00. The molecule has 1 spiro atoms. The standard InChI is InChI=1S/C61H39N/c1-2-18-40(19-3-1)42-22-16-23-43(38-42)62(60-54-31-9-7-26-47(54)46-25-6-8-30-53(46)59(60)52-32-17-21-41-20-4-5-24-45(41)52)44-36-37-51-50-29-12-15-35-57(50)61(58(51)39-44)55-33-13-10-27-48(55)49-28-11-14-34-56(49)61/h1-39H. The molecule has 0 saturated carbocycles. The molecule has 0 fully saturated rings. The predicted octanol–water partition coefficient (Wildman–Crippen LogP) is 16.3. The first-order valence-electron chi connectivity index (χ1n) is 21.6. The van der Waals surface area contributed by atoms with Gasteiger partial charge in [0.1, 0.15) is 0 Å². The van der Waals surface area contributed by atoms with Crippen LogP contribution in [0.4, 0.5) is 17.1 Å². The minimum atomic E-state index is -0.476. The maximum Gasteiger partial charge on any atom is 0.0726 e. The molecule has 13 rings (SSSR count). The Morgan fingerprint density at radius 1 is 0.274 bits per heavy atom. The average molecular weight is 786 g/mol. The quantitative estimate of drug-likeness (QED) is 0.157. The van der Waals surface area contributed by atoms with Gasteiger partial charge in [-0.05, 0) is 112 Å². The summed E-state index contributed by atoms with van der Waals surface area (Å²) < 4.78 is 0. The molecule has 0 radical (unpaired) electrons. The van der Waals surface area contributed by atoms with Crippen LogP contribution in [0, 0.1) is 0 Å². The number of hydrogen-bond acceptors (Lipinski definition) is 1.